The molecule has 0 radical (unpaired) electrons. The Balaban J connectivity index is 1.25. The molecule has 5 rings (SSSR count). The van der Waals surface area contributed by atoms with Crippen LogP contribution in [0.1, 0.15) is 75.8 Å². The summed E-state index contributed by atoms with van der Waals surface area (Å²) in [5, 5.41) is 0. The molecular weight excluding hydrogens is 414 g/mol. The number of hydrogen-bond acceptors (Lipinski definition) is 6. The van der Waals surface area contributed by atoms with Gasteiger partial charge < -0.3 is 15.4 Å². The lowest BCUT2D eigenvalue weighted by atomic mass is 9.77. The summed E-state index contributed by atoms with van der Waals surface area (Å²) in [6.07, 6.45) is 9.02. The van der Waals surface area contributed by atoms with Crippen molar-refractivity contribution < 1.29 is 9.53 Å². The molecule has 2 aliphatic heterocycles. The van der Waals surface area contributed by atoms with Crippen molar-refractivity contribution in [3.63, 3.8) is 0 Å². The molecule has 3 heterocycles. The van der Waals surface area contributed by atoms with E-state index in [4.69, 9.17) is 15.5 Å². The number of likely N-dealkylation sites (tertiary alicyclic amines) is 1. The Kier molecular flexibility index (Phi) is 5.81. The number of aliphatic imine (C=N–C) groups is 1. The van der Waals surface area contributed by atoms with Gasteiger partial charge in [0.25, 0.3) is 0 Å². The highest BCUT2D eigenvalue weighted by Crippen LogP contribution is 2.40. The Hall–Kier alpha value is -2.96. The fraction of sp³-hybridized carbons (Fsp3) is 0.538. The number of aromatic nitrogens is 2. The van der Waals surface area contributed by atoms with E-state index in [1.54, 1.807) is 0 Å². The number of nitrogens with two attached hydrogens (primary N) is 1. The smallest absolute Gasteiger partial charge is 0.246 e. The van der Waals surface area contributed by atoms with Crippen LogP contribution in [0.25, 0.3) is 0 Å². The second-order valence-corrected chi connectivity index (χ2v) is 10.1. The van der Waals surface area contributed by atoms with Crippen LogP contribution in [-0.2, 0) is 4.79 Å². The Morgan fingerprint density at radius 1 is 1.09 bits per heavy atom. The van der Waals surface area contributed by atoms with Crippen molar-refractivity contribution in [1.29, 1.82) is 0 Å². The first-order chi connectivity index (χ1) is 15.9. The summed E-state index contributed by atoms with van der Waals surface area (Å²) in [6.45, 7) is 5.90. The molecule has 0 unspecified atom stereocenters. The molecule has 7 nitrogen and oxygen atoms in total. The number of nitrogen functional groups attached to an aromatic ring is 1. The maximum absolute atomic E-state index is 12.5. The number of hydrogen-bond donors (Lipinski definition) is 1. The molecule has 3 aliphatic rings. The van der Waals surface area contributed by atoms with Gasteiger partial charge in [0.05, 0.1) is 5.71 Å². The summed E-state index contributed by atoms with van der Waals surface area (Å²) in [7, 11) is 0. The number of nitrogens with zero attached hydrogens (tertiary/aromatic N) is 4. The van der Waals surface area contributed by atoms with E-state index in [1.165, 1.54) is 11.9 Å². The fourth-order valence-electron chi connectivity index (χ4n) is 5.46. The SMILES string of the molecule is CC1(C)Oc2ncnc(N)c2N=C1c1ccc([C@H]2CC[C@H](CC(=O)N3CCCC3)CC2)cc1. The van der Waals surface area contributed by atoms with Crippen LogP contribution in [-0.4, -0.2) is 45.2 Å². The lowest BCUT2D eigenvalue weighted by Gasteiger charge is -2.32. The van der Waals surface area contributed by atoms with E-state index < -0.39 is 5.60 Å². The average molecular weight is 448 g/mol. The van der Waals surface area contributed by atoms with Gasteiger partial charge in [0.2, 0.25) is 11.8 Å². The van der Waals surface area contributed by atoms with E-state index in [9.17, 15) is 4.79 Å². The molecule has 1 aromatic carbocycles. The van der Waals surface area contributed by atoms with Gasteiger partial charge in [-0.3, -0.25) is 4.79 Å². The van der Waals surface area contributed by atoms with Crippen LogP contribution in [0.15, 0.2) is 35.6 Å². The minimum atomic E-state index is -0.616. The van der Waals surface area contributed by atoms with Gasteiger partial charge in [-0.1, -0.05) is 24.3 Å². The van der Waals surface area contributed by atoms with Gasteiger partial charge >= 0.3 is 0 Å². The van der Waals surface area contributed by atoms with Crippen molar-refractivity contribution in [1.82, 2.24) is 14.9 Å². The standard InChI is InChI=1S/C26H33N5O2/c1-26(2)23(30-22-24(27)28-16-29-25(22)33-26)20-11-9-19(10-12-20)18-7-5-17(6-8-18)15-21(32)31-13-3-4-14-31/h9-12,16-18H,3-8,13-15H2,1-2H3,(H2,27,28,29)/t17-,18-. The molecule has 1 aromatic heterocycles. The normalized spacial score (nSPS) is 24.1. The number of anilines is 1. The quantitative estimate of drug-likeness (QED) is 0.737. The number of amides is 1. The molecule has 33 heavy (non-hydrogen) atoms. The van der Waals surface area contributed by atoms with Crippen molar-refractivity contribution in [2.45, 2.75) is 70.3 Å². The van der Waals surface area contributed by atoms with Gasteiger partial charge in [-0.25, -0.2) is 9.98 Å². The zero-order valence-corrected chi connectivity index (χ0v) is 19.6. The van der Waals surface area contributed by atoms with Gasteiger partial charge in [0, 0.05) is 25.1 Å². The fourth-order valence-corrected chi connectivity index (χ4v) is 5.46. The Bertz CT molecular complexity index is 1050. The van der Waals surface area contributed by atoms with E-state index in [0.717, 1.165) is 69.3 Å². The van der Waals surface area contributed by atoms with Crippen LogP contribution >= 0.6 is 0 Å². The maximum atomic E-state index is 12.5. The van der Waals surface area contributed by atoms with Crippen molar-refractivity contribution in [2.75, 3.05) is 18.8 Å². The second kappa shape index (κ2) is 8.76. The molecular formula is C26H33N5O2. The van der Waals surface area contributed by atoms with Crippen molar-refractivity contribution >= 4 is 23.1 Å². The largest absolute Gasteiger partial charge is 0.463 e. The molecule has 0 bridgehead atoms. The minimum absolute atomic E-state index is 0.324. The van der Waals surface area contributed by atoms with E-state index >= 15 is 0 Å². The van der Waals surface area contributed by atoms with E-state index in [-0.39, 0.29) is 0 Å². The molecule has 1 amide bonds. The Morgan fingerprint density at radius 3 is 2.48 bits per heavy atom. The predicted octanol–water partition coefficient (Wildman–Crippen LogP) is 4.64. The number of ether oxygens (including phenoxy) is 1. The van der Waals surface area contributed by atoms with Crippen molar-refractivity contribution in [3.8, 4) is 5.88 Å². The molecule has 2 N–H and O–H groups in total. The molecule has 2 aromatic rings. The highest BCUT2D eigenvalue weighted by molar-refractivity contribution is 6.09. The number of benzene rings is 1. The van der Waals surface area contributed by atoms with Gasteiger partial charge in [-0.2, -0.15) is 4.98 Å². The van der Waals surface area contributed by atoms with Gasteiger partial charge in [0.1, 0.15) is 11.9 Å². The van der Waals surface area contributed by atoms with E-state index in [0.29, 0.717) is 35.1 Å². The molecule has 7 heteroatoms. The molecule has 0 spiro atoms. The van der Waals surface area contributed by atoms with E-state index in [2.05, 4.69) is 39.1 Å². The molecule has 0 atom stereocenters. The van der Waals surface area contributed by atoms with Crippen LogP contribution in [0.2, 0.25) is 0 Å². The highest BCUT2D eigenvalue weighted by Gasteiger charge is 2.35. The first-order valence-corrected chi connectivity index (χ1v) is 12.2. The van der Waals surface area contributed by atoms with Gasteiger partial charge in [-0.15, -0.1) is 0 Å². The van der Waals surface area contributed by atoms with Gasteiger partial charge in [0.15, 0.2) is 11.5 Å². The predicted molar refractivity (Wildman–Crippen MR) is 129 cm³/mol. The summed E-state index contributed by atoms with van der Waals surface area (Å²) < 4.78 is 6.10. The maximum Gasteiger partial charge on any atom is 0.246 e. The summed E-state index contributed by atoms with van der Waals surface area (Å²) in [4.78, 5) is 27.6. The molecule has 1 aliphatic carbocycles. The van der Waals surface area contributed by atoms with Crippen LogP contribution in [0.4, 0.5) is 11.5 Å². The Morgan fingerprint density at radius 2 is 1.79 bits per heavy atom. The zero-order chi connectivity index (χ0) is 23.0. The van der Waals surface area contributed by atoms with Crippen LogP contribution in [0, 0.1) is 5.92 Å². The molecule has 2 fully saturated rings. The topological polar surface area (TPSA) is 93.7 Å². The van der Waals surface area contributed by atoms with Crippen molar-refractivity contribution in [3.05, 3.63) is 41.7 Å². The summed E-state index contributed by atoms with van der Waals surface area (Å²) in [6, 6.07) is 8.70. The third kappa shape index (κ3) is 4.45. The monoisotopic (exact) mass is 447 g/mol. The molecule has 174 valence electrons. The number of rotatable bonds is 4. The zero-order valence-electron chi connectivity index (χ0n) is 19.6. The van der Waals surface area contributed by atoms with Crippen LogP contribution in [0.5, 0.6) is 5.88 Å². The van der Waals surface area contributed by atoms with Crippen LogP contribution < -0.4 is 10.5 Å². The lowest BCUT2D eigenvalue weighted by Crippen LogP contribution is -2.41. The number of carbonyl (C=O) groups is 1. The Labute approximate surface area is 195 Å². The summed E-state index contributed by atoms with van der Waals surface area (Å²) in [5.41, 5.74) is 9.09. The van der Waals surface area contributed by atoms with E-state index in [1.807, 2.05) is 13.8 Å². The minimum Gasteiger partial charge on any atom is -0.463 e. The second-order valence-electron chi connectivity index (χ2n) is 10.1. The van der Waals surface area contributed by atoms with Gasteiger partial charge in [-0.05, 0) is 69.8 Å². The third-order valence-electron chi connectivity index (χ3n) is 7.39. The summed E-state index contributed by atoms with van der Waals surface area (Å²) in [5.74, 6) is 2.21. The summed E-state index contributed by atoms with van der Waals surface area (Å²) >= 11 is 0. The number of carbonyl (C=O) groups excluding carboxylic acids is 1. The first kappa shape index (κ1) is 21.9. The molecule has 1 saturated carbocycles. The first-order valence-electron chi connectivity index (χ1n) is 12.2. The highest BCUT2D eigenvalue weighted by atomic mass is 16.5. The lowest BCUT2D eigenvalue weighted by molar-refractivity contribution is -0.131. The molecule has 1 saturated heterocycles. The number of fused-ring (bicyclic) bond motifs is 1. The third-order valence-corrected chi connectivity index (χ3v) is 7.39. The van der Waals surface area contributed by atoms with Crippen molar-refractivity contribution in [2.24, 2.45) is 10.9 Å². The van der Waals surface area contributed by atoms with Crippen LogP contribution in [0.3, 0.4) is 0 Å². The average Bonchev–Trinajstić information content (AvgIpc) is 3.34.